The van der Waals surface area contributed by atoms with E-state index in [0.29, 0.717) is 0 Å². The molecule has 0 saturated carbocycles. The Morgan fingerprint density at radius 3 is 1.55 bits per heavy atom. The maximum absolute atomic E-state index is 6.56. The van der Waals surface area contributed by atoms with Gasteiger partial charge in [0.25, 0.3) is 0 Å². The molecule has 0 aliphatic heterocycles. The number of fused-ring (bicyclic) bond motifs is 10. The highest BCUT2D eigenvalue weighted by Crippen LogP contribution is 2.48. The molecule has 0 bridgehead atoms. The van der Waals surface area contributed by atoms with E-state index in [9.17, 15) is 0 Å². The molecule has 0 radical (unpaired) electrons. The van der Waals surface area contributed by atoms with E-state index in [-0.39, 0.29) is 0 Å². The highest BCUT2D eigenvalue weighted by molar-refractivity contribution is 6.22. The third kappa shape index (κ3) is 4.63. The Labute approximate surface area is 323 Å². The predicted octanol–water partition coefficient (Wildman–Crippen LogP) is 15.1. The van der Waals surface area contributed by atoms with E-state index in [1.165, 1.54) is 88.1 Å². The summed E-state index contributed by atoms with van der Waals surface area (Å²) in [6, 6.07) is 66.0. The van der Waals surface area contributed by atoms with Crippen LogP contribution >= 0.6 is 0 Å². The van der Waals surface area contributed by atoms with E-state index in [0.717, 1.165) is 46.1 Å². The lowest BCUT2D eigenvalue weighted by Crippen LogP contribution is -2.01. The first-order valence-electron chi connectivity index (χ1n) is 19.5. The first-order valence-corrected chi connectivity index (χ1v) is 19.5. The zero-order chi connectivity index (χ0) is 36.7. The lowest BCUT2D eigenvalue weighted by atomic mass is 9.84. The van der Waals surface area contributed by atoms with Crippen LogP contribution in [0.25, 0.3) is 110 Å². The number of hydrogen-bond donors (Lipinski definition) is 0. The van der Waals surface area contributed by atoms with Gasteiger partial charge in [0.2, 0.25) is 0 Å². The summed E-state index contributed by atoms with van der Waals surface area (Å²) >= 11 is 0. The van der Waals surface area contributed by atoms with Gasteiger partial charge in [0.15, 0.2) is 0 Å². The highest BCUT2D eigenvalue weighted by atomic mass is 16.3. The monoisotopic (exact) mass is 714 g/mol. The standard InChI is InChI=1S/C54H34O2/c1-2-15-39-33(12-1)30-31-49-53(39)54-40(22-11-25-48(54)56-49)36-13-9-14-37(32-36)51-43-18-5-3-16-41(43)50(42-17-4-6-19-44(42)51)35-28-26-34(27-29-35)38-21-10-24-47-52(38)45-20-7-8-23-46(45)55-47/h1-29,32H,30-31H2. The molecule has 0 atom stereocenters. The van der Waals surface area contributed by atoms with E-state index in [1.807, 2.05) is 12.1 Å². The molecule has 56 heavy (non-hydrogen) atoms. The Balaban J connectivity index is 1.03. The summed E-state index contributed by atoms with van der Waals surface area (Å²) in [5.41, 5.74) is 16.4. The minimum Gasteiger partial charge on any atom is -0.460 e. The molecule has 2 heterocycles. The van der Waals surface area contributed by atoms with Crippen LogP contribution in [0.15, 0.2) is 191 Å². The van der Waals surface area contributed by atoms with Crippen molar-refractivity contribution in [1.29, 1.82) is 0 Å². The summed E-state index contributed by atoms with van der Waals surface area (Å²) in [4.78, 5) is 0. The quantitative estimate of drug-likeness (QED) is 0.170. The van der Waals surface area contributed by atoms with Crippen molar-refractivity contribution < 1.29 is 8.83 Å². The molecule has 0 fully saturated rings. The summed E-state index contributed by atoms with van der Waals surface area (Å²) < 4.78 is 12.8. The van der Waals surface area contributed by atoms with Crippen LogP contribution < -0.4 is 0 Å². The van der Waals surface area contributed by atoms with Crippen LogP contribution in [-0.2, 0) is 12.8 Å². The van der Waals surface area contributed by atoms with Gasteiger partial charge in [-0.2, -0.15) is 0 Å². The maximum atomic E-state index is 6.56. The lowest BCUT2D eigenvalue weighted by molar-refractivity contribution is 0.546. The van der Waals surface area contributed by atoms with Crippen molar-refractivity contribution in [2.45, 2.75) is 12.8 Å². The van der Waals surface area contributed by atoms with E-state index < -0.39 is 0 Å². The van der Waals surface area contributed by atoms with Gasteiger partial charge in [0.1, 0.15) is 22.5 Å². The number of benzene rings is 9. The molecule has 1 aliphatic rings. The second-order valence-electron chi connectivity index (χ2n) is 15.0. The normalized spacial score (nSPS) is 12.5. The topological polar surface area (TPSA) is 26.3 Å². The van der Waals surface area contributed by atoms with Crippen molar-refractivity contribution in [2.24, 2.45) is 0 Å². The summed E-state index contributed by atoms with van der Waals surface area (Å²) in [6.45, 7) is 0. The molecule has 0 saturated heterocycles. The molecular formula is C54H34O2. The summed E-state index contributed by atoms with van der Waals surface area (Å²) in [6.07, 6.45) is 1.93. The number of rotatable bonds is 4. The zero-order valence-corrected chi connectivity index (χ0v) is 30.6. The fraction of sp³-hybridized carbons (Fsp3) is 0.0370. The van der Waals surface area contributed by atoms with Crippen molar-refractivity contribution >= 4 is 54.5 Å². The van der Waals surface area contributed by atoms with Gasteiger partial charge in [-0.15, -0.1) is 0 Å². The molecular weight excluding hydrogens is 681 g/mol. The summed E-state index contributed by atoms with van der Waals surface area (Å²) in [7, 11) is 0. The van der Waals surface area contributed by atoms with E-state index in [1.54, 1.807) is 0 Å². The molecule has 0 N–H and O–H groups in total. The van der Waals surface area contributed by atoms with Gasteiger partial charge in [-0.25, -0.2) is 0 Å². The average molecular weight is 715 g/mol. The van der Waals surface area contributed by atoms with Crippen molar-refractivity contribution in [3.05, 3.63) is 193 Å². The van der Waals surface area contributed by atoms with E-state index in [2.05, 4.69) is 170 Å². The third-order valence-corrected chi connectivity index (χ3v) is 12.0. The van der Waals surface area contributed by atoms with Gasteiger partial charge < -0.3 is 8.83 Å². The van der Waals surface area contributed by atoms with Crippen LogP contribution in [0.4, 0.5) is 0 Å². The minimum absolute atomic E-state index is 0.913. The SMILES string of the molecule is c1cc(-c2c3ccccc3c(-c3ccc(-c4cccc5oc6ccccc6c45)cc3)c3ccccc23)cc(-c2cccc3oc4c(c23)-c2ccccc2CC4)c1. The predicted molar refractivity (Wildman–Crippen MR) is 233 cm³/mol. The molecule has 11 aromatic rings. The zero-order valence-electron chi connectivity index (χ0n) is 30.6. The Bertz CT molecular complexity index is 3300. The Kier molecular flexibility index (Phi) is 6.79. The van der Waals surface area contributed by atoms with Gasteiger partial charge in [-0.05, 0) is 108 Å². The largest absolute Gasteiger partial charge is 0.460 e. The van der Waals surface area contributed by atoms with Crippen LogP contribution in [0.1, 0.15) is 11.3 Å². The van der Waals surface area contributed by atoms with Crippen LogP contribution in [0.3, 0.4) is 0 Å². The smallest absolute Gasteiger partial charge is 0.136 e. The molecule has 1 aliphatic carbocycles. The van der Waals surface area contributed by atoms with Crippen molar-refractivity contribution in [3.8, 4) is 55.6 Å². The lowest BCUT2D eigenvalue weighted by Gasteiger charge is -2.19. The third-order valence-electron chi connectivity index (χ3n) is 12.0. The molecule has 262 valence electrons. The van der Waals surface area contributed by atoms with Gasteiger partial charge in [0.05, 0.1) is 0 Å². The Morgan fingerprint density at radius 1 is 0.304 bits per heavy atom. The van der Waals surface area contributed by atoms with Crippen molar-refractivity contribution in [3.63, 3.8) is 0 Å². The van der Waals surface area contributed by atoms with Gasteiger partial charge in [0, 0.05) is 28.1 Å². The van der Waals surface area contributed by atoms with Crippen molar-refractivity contribution in [2.75, 3.05) is 0 Å². The molecule has 0 amide bonds. The highest BCUT2D eigenvalue weighted by Gasteiger charge is 2.25. The molecule has 2 aromatic heterocycles. The van der Waals surface area contributed by atoms with Crippen LogP contribution in [0.2, 0.25) is 0 Å². The van der Waals surface area contributed by atoms with E-state index in [4.69, 9.17) is 8.83 Å². The molecule has 9 aromatic carbocycles. The molecule has 0 spiro atoms. The van der Waals surface area contributed by atoms with Gasteiger partial charge >= 0.3 is 0 Å². The Hall–Kier alpha value is -7.16. The maximum Gasteiger partial charge on any atom is 0.136 e. The number of hydrogen-bond acceptors (Lipinski definition) is 2. The van der Waals surface area contributed by atoms with Gasteiger partial charge in [-0.3, -0.25) is 0 Å². The second-order valence-corrected chi connectivity index (χ2v) is 15.0. The van der Waals surface area contributed by atoms with Crippen LogP contribution in [0.5, 0.6) is 0 Å². The fourth-order valence-corrected chi connectivity index (χ4v) is 9.55. The molecule has 2 nitrogen and oxygen atoms in total. The first kappa shape index (κ1) is 31.2. The average Bonchev–Trinajstić information content (AvgIpc) is 3.85. The van der Waals surface area contributed by atoms with Crippen LogP contribution in [0, 0.1) is 0 Å². The van der Waals surface area contributed by atoms with Crippen LogP contribution in [-0.4, -0.2) is 0 Å². The van der Waals surface area contributed by atoms with Crippen molar-refractivity contribution in [1.82, 2.24) is 0 Å². The first-order chi connectivity index (χ1) is 27.8. The second kappa shape index (κ2) is 12.2. The van der Waals surface area contributed by atoms with E-state index >= 15 is 0 Å². The summed E-state index contributed by atoms with van der Waals surface area (Å²) in [5, 5.41) is 8.47. The fourth-order valence-electron chi connectivity index (χ4n) is 9.55. The summed E-state index contributed by atoms with van der Waals surface area (Å²) in [5.74, 6) is 1.09. The number of para-hydroxylation sites is 1. The number of aryl methyl sites for hydroxylation is 2. The number of furan rings is 2. The van der Waals surface area contributed by atoms with Gasteiger partial charge in [-0.1, -0.05) is 158 Å². The Morgan fingerprint density at radius 2 is 0.821 bits per heavy atom. The molecule has 2 heteroatoms. The molecule has 12 rings (SSSR count). The molecule has 0 unspecified atom stereocenters. The minimum atomic E-state index is 0.913.